The molecule has 174 valence electrons. The summed E-state index contributed by atoms with van der Waals surface area (Å²) in [6.45, 7) is 5.66. The first-order valence-corrected chi connectivity index (χ1v) is 13.1. The van der Waals surface area contributed by atoms with Crippen LogP contribution in [0.5, 0.6) is 0 Å². The van der Waals surface area contributed by atoms with Gasteiger partial charge in [0.05, 0.1) is 6.54 Å². The van der Waals surface area contributed by atoms with E-state index in [0.29, 0.717) is 19.6 Å². The molecule has 3 aromatic rings. The van der Waals surface area contributed by atoms with E-state index in [1.807, 2.05) is 97.1 Å². The summed E-state index contributed by atoms with van der Waals surface area (Å²) >= 11 is 3.28. The molecular formula is C26H31N3O2S2. The highest BCUT2D eigenvalue weighted by atomic mass is 32.2. The lowest BCUT2D eigenvalue weighted by Gasteiger charge is -2.29. The van der Waals surface area contributed by atoms with Crippen LogP contribution in [-0.2, 0) is 17.9 Å². The zero-order valence-electron chi connectivity index (χ0n) is 19.4. The van der Waals surface area contributed by atoms with Crippen LogP contribution in [0.25, 0.3) is 0 Å². The van der Waals surface area contributed by atoms with Gasteiger partial charge in [-0.1, -0.05) is 50.2 Å². The quantitative estimate of drug-likeness (QED) is 0.351. The van der Waals surface area contributed by atoms with E-state index in [1.54, 1.807) is 28.0 Å². The number of amides is 3. The third kappa shape index (κ3) is 7.94. The fourth-order valence-corrected chi connectivity index (χ4v) is 4.55. The van der Waals surface area contributed by atoms with Crippen LogP contribution >= 0.6 is 23.1 Å². The number of hydrogen-bond donors (Lipinski definition) is 1. The minimum absolute atomic E-state index is 0.0329. The van der Waals surface area contributed by atoms with Crippen LogP contribution in [0.2, 0.25) is 0 Å². The van der Waals surface area contributed by atoms with Crippen molar-refractivity contribution in [2.45, 2.75) is 31.8 Å². The zero-order chi connectivity index (χ0) is 23.6. The lowest BCUT2D eigenvalue weighted by molar-refractivity contribution is -0.133. The lowest BCUT2D eigenvalue weighted by atomic mass is 10.2. The molecule has 7 heteroatoms. The average Bonchev–Trinajstić information content (AvgIpc) is 3.32. The van der Waals surface area contributed by atoms with Crippen LogP contribution in [0.3, 0.4) is 0 Å². The number of carbonyl (C=O) groups is 2. The van der Waals surface area contributed by atoms with E-state index in [1.165, 1.54) is 0 Å². The van der Waals surface area contributed by atoms with Gasteiger partial charge < -0.3 is 15.1 Å². The Hall–Kier alpha value is -2.77. The van der Waals surface area contributed by atoms with E-state index >= 15 is 0 Å². The summed E-state index contributed by atoms with van der Waals surface area (Å²) in [5, 5.41) is 4.96. The maximum absolute atomic E-state index is 13.4. The minimum atomic E-state index is -0.260. The normalized spacial score (nSPS) is 10.8. The summed E-state index contributed by atoms with van der Waals surface area (Å²) in [5.74, 6) is 0.170. The molecule has 0 unspecified atom stereocenters. The Morgan fingerprint density at radius 1 is 0.939 bits per heavy atom. The maximum atomic E-state index is 13.4. The van der Waals surface area contributed by atoms with Gasteiger partial charge >= 0.3 is 6.03 Å². The molecule has 0 spiro atoms. The first kappa shape index (κ1) is 24.9. The number of nitrogens with zero attached hydrogens (tertiary/aromatic N) is 2. The van der Waals surface area contributed by atoms with Gasteiger partial charge in [0.1, 0.15) is 6.54 Å². The Kier molecular flexibility index (Phi) is 9.39. The number of thioether (sulfide) groups is 1. The Morgan fingerprint density at radius 3 is 2.27 bits per heavy atom. The zero-order valence-corrected chi connectivity index (χ0v) is 21.0. The van der Waals surface area contributed by atoms with Crippen molar-refractivity contribution >= 4 is 40.7 Å². The molecule has 2 aromatic carbocycles. The standard InChI is InChI=1S/C26H31N3O2S2/c1-20(2)16-29(26(31)27-22-11-13-23(32-3)14-12-22)19-25(30)28(18-24-10-7-15-33-24)17-21-8-5-4-6-9-21/h4-15,20H,16-19H2,1-3H3,(H,27,31). The van der Waals surface area contributed by atoms with Gasteiger partial charge in [-0.15, -0.1) is 23.1 Å². The van der Waals surface area contributed by atoms with Gasteiger partial charge in [0.15, 0.2) is 0 Å². The fourth-order valence-electron chi connectivity index (χ4n) is 3.43. The fraction of sp³-hybridized carbons (Fsp3) is 0.308. The Balaban J connectivity index is 1.73. The van der Waals surface area contributed by atoms with E-state index in [9.17, 15) is 9.59 Å². The number of anilines is 1. The Labute approximate surface area is 204 Å². The van der Waals surface area contributed by atoms with Crippen LogP contribution in [-0.4, -0.2) is 41.1 Å². The van der Waals surface area contributed by atoms with Gasteiger partial charge in [-0.25, -0.2) is 4.79 Å². The van der Waals surface area contributed by atoms with Crippen molar-refractivity contribution in [3.63, 3.8) is 0 Å². The van der Waals surface area contributed by atoms with Crippen LogP contribution in [0.15, 0.2) is 77.0 Å². The number of rotatable bonds is 10. The molecule has 1 heterocycles. The van der Waals surface area contributed by atoms with Crippen molar-refractivity contribution in [3.05, 3.63) is 82.6 Å². The molecule has 0 saturated carbocycles. The highest BCUT2D eigenvalue weighted by Gasteiger charge is 2.23. The van der Waals surface area contributed by atoms with Crippen molar-refractivity contribution in [1.82, 2.24) is 9.80 Å². The Morgan fingerprint density at radius 2 is 1.67 bits per heavy atom. The minimum Gasteiger partial charge on any atom is -0.332 e. The van der Waals surface area contributed by atoms with Crippen LogP contribution < -0.4 is 5.32 Å². The van der Waals surface area contributed by atoms with Gasteiger partial charge in [-0.2, -0.15) is 0 Å². The molecule has 0 atom stereocenters. The number of urea groups is 1. The number of hydrogen-bond acceptors (Lipinski definition) is 4. The van der Waals surface area contributed by atoms with Crippen LogP contribution in [0.4, 0.5) is 10.5 Å². The number of benzene rings is 2. The first-order chi connectivity index (χ1) is 15.9. The van der Waals surface area contributed by atoms with E-state index in [-0.39, 0.29) is 24.4 Å². The molecule has 0 radical (unpaired) electrons. The molecule has 0 aliphatic heterocycles. The third-order valence-electron chi connectivity index (χ3n) is 5.04. The van der Waals surface area contributed by atoms with Crippen molar-refractivity contribution in [3.8, 4) is 0 Å². The predicted molar refractivity (Wildman–Crippen MR) is 139 cm³/mol. The van der Waals surface area contributed by atoms with Gasteiger partial charge in [-0.3, -0.25) is 4.79 Å². The van der Waals surface area contributed by atoms with Crippen molar-refractivity contribution in [1.29, 1.82) is 0 Å². The molecule has 0 aliphatic carbocycles. The second-order valence-electron chi connectivity index (χ2n) is 8.25. The summed E-state index contributed by atoms with van der Waals surface area (Å²) in [5.41, 5.74) is 1.79. The number of nitrogens with one attached hydrogen (secondary N) is 1. The summed E-state index contributed by atoms with van der Waals surface area (Å²) in [6, 6.07) is 21.4. The van der Waals surface area contributed by atoms with Gasteiger partial charge in [-0.05, 0) is 53.4 Å². The number of thiophene rings is 1. The molecule has 1 N–H and O–H groups in total. The first-order valence-electron chi connectivity index (χ1n) is 11.0. The molecule has 0 aliphatic rings. The molecule has 5 nitrogen and oxygen atoms in total. The molecule has 33 heavy (non-hydrogen) atoms. The second-order valence-corrected chi connectivity index (χ2v) is 10.2. The summed E-state index contributed by atoms with van der Waals surface area (Å²) in [7, 11) is 0. The topological polar surface area (TPSA) is 52.7 Å². The molecule has 3 rings (SSSR count). The molecular weight excluding hydrogens is 450 g/mol. The highest BCUT2D eigenvalue weighted by Crippen LogP contribution is 2.19. The molecule has 1 aromatic heterocycles. The van der Waals surface area contributed by atoms with Crippen molar-refractivity contribution in [2.75, 3.05) is 24.7 Å². The summed E-state index contributed by atoms with van der Waals surface area (Å²) < 4.78 is 0. The predicted octanol–water partition coefficient (Wildman–Crippen LogP) is 6.19. The van der Waals surface area contributed by atoms with E-state index in [4.69, 9.17) is 0 Å². The molecule has 3 amide bonds. The largest absolute Gasteiger partial charge is 0.332 e. The van der Waals surface area contributed by atoms with E-state index in [0.717, 1.165) is 21.0 Å². The average molecular weight is 482 g/mol. The third-order valence-corrected chi connectivity index (χ3v) is 6.64. The molecule has 0 saturated heterocycles. The van der Waals surface area contributed by atoms with Crippen LogP contribution in [0.1, 0.15) is 24.3 Å². The summed E-state index contributed by atoms with van der Waals surface area (Å²) in [4.78, 5) is 32.2. The number of carbonyl (C=O) groups excluding carboxylic acids is 2. The van der Waals surface area contributed by atoms with Gasteiger partial charge in [0.2, 0.25) is 5.91 Å². The van der Waals surface area contributed by atoms with Gasteiger partial charge in [0.25, 0.3) is 0 Å². The Bertz CT molecular complexity index is 1010. The van der Waals surface area contributed by atoms with Crippen LogP contribution in [0, 0.1) is 5.92 Å². The SMILES string of the molecule is CSc1ccc(NC(=O)N(CC(=O)N(Cc2ccccc2)Cc2cccs2)CC(C)C)cc1. The van der Waals surface area contributed by atoms with E-state index < -0.39 is 0 Å². The molecule has 0 bridgehead atoms. The maximum Gasteiger partial charge on any atom is 0.322 e. The van der Waals surface area contributed by atoms with E-state index in [2.05, 4.69) is 5.32 Å². The van der Waals surface area contributed by atoms with Crippen molar-refractivity contribution < 1.29 is 9.59 Å². The highest BCUT2D eigenvalue weighted by molar-refractivity contribution is 7.98. The summed E-state index contributed by atoms with van der Waals surface area (Å²) in [6.07, 6.45) is 2.01. The lowest BCUT2D eigenvalue weighted by Crippen LogP contribution is -2.45. The monoisotopic (exact) mass is 481 g/mol. The smallest absolute Gasteiger partial charge is 0.322 e. The second kappa shape index (κ2) is 12.5. The van der Waals surface area contributed by atoms with Crippen molar-refractivity contribution in [2.24, 2.45) is 5.92 Å². The molecule has 0 fully saturated rings. The van der Waals surface area contributed by atoms with Gasteiger partial charge in [0, 0.05) is 28.5 Å².